The van der Waals surface area contributed by atoms with Crippen LogP contribution in [0.15, 0.2) is 29.2 Å². The highest BCUT2D eigenvalue weighted by molar-refractivity contribution is 5.93. The van der Waals surface area contributed by atoms with Crippen molar-refractivity contribution in [2.45, 2.75) is 38.8 Å². The third kappa shape index (κ3) is 2.84. The predicted octanol–water partition coefficient (Wildman–Crippen LogP) is 0.673. The summed E-state index contributed by atoms with van der Waals surface area (Å²) in [5.41, 5.74) is 2.33. The standard InChI is InChI=1S/C17H20N6O2/c1-11-5-8-23-13(9-11)10-14(19-23)16(24)18-12-3-4-15-20-21(2)17(25)22(15)7-6-12/h5,8-10,12H,3-4,6-7H2,1-2H3,(H,18,24). The molecule has 0 spiro atoms. The lowest BCUT2D eigenvalue weighted by Gasteiger charge is -2.14. The fourth-order valence-corrected chi connectivity index (χ4v) is 3.32. The van der Waals surface area contributed by atoms with Crippen LogP contribution in [0.4, 0.5) is 0 Å². The number of rotatable bonds is 2. The molecule has 25 heavy (non-hydrogen) atoms. The van der Waals surface area contributed by atoms with E-state index in [0.29, 0.717) is 25.1 Å². The quantitative estimate of drug-likeness (QED) is 0.743. The number of aromatic nitrogens is 5. The molecule has 1 amide bonds. The van der Waals surface area contributed by atoms with Gasteiger partial charge in [-0.25, -0.2) is 14.0 Å². The maximum absolute atomic E-state index is 12.5. The number of pyridine rings is 1. The van der Waals surface area contributed by atoms with Crippen LogP contribution >= 0.6 is 0 Å². The van der Waals surface area contributed by atoms with Gasteiger partial charge < -0.3 is 5.32 Å². The van der Waals surface area contributed by atoms with E-state index in [2.05, 4.69) is 15.5 Å². The van der Waals surface area contributed by atoms with Gasteiger partial charge in [-0.1, -0.05) is 0 Å². The van der Waals surface area contributed by atoms with Crippen molar-refractivity contribution < 1.29 is 4.79 Å². The molecule has 3 aromatic heterocycles. The van der Waals surface area contributed by atoms with Gasteiger partial charge >= 0.3 is 5.69 Å². The molecule has 3 aromatic rings. The number of carbonyl (C=O) groups is 1. The molecule has 1 atom stereocenters. The van der Waals surface area contributed by atoms with Crippen LogP contribution in [0.5, 0.6) is 0 Å². The second kappa shape index (κ2) is 5.87. The third-order valence-corrected chi connectivity index (χ3v) is 4.69. The smallest absolute Gasteiger partial charge is 0.345 e. The molecule has 0 radical (unpaired) electrons. The van der Waals surface area contributed by atoms with Crippen LogP contribution in [0.25, 0.3) is 5.52 Å². The summed E-state index contributed by atoms with van der Waals surface area (Å²) in [5, 5.41) is 11.6. The first-order chi connectivity index (χ1) is 12.0. The Bertz CT molecular complexity index is 1010. The highest BCUT2D eigenvalue weighted by Crippen LogP contribution is 2.13. The van der Waals surface area contributed by atoms with Crippen molar-refractivity contribution in [3.63, 3.8) is 0 Å². The second-order valence-corrected chi connectivity index (χ2v) is 6.57. The van der Waals surface area contributed by atoms with Gasteiger partial charge in [0.05, 0.1) is 5.52 Å². The average molecular weight is 340 g/mol. The van der Waals surface area contributed by atoms with E-state index in [0.717, 1.165) is 23.3 Å². The van der Waals surface area contributed by atoms with E-state index in [9.17, 15) is 9.59 Å². The van der Waals surface area contributed by atoms with Gasteiger partial charge in [-0.15, -0.1) is 0 Å². The Morgan fingerprint density at radius 3 is 2.96 bits per heavy atom. The highest BCUT2D eigenvalue weighted by Gasteiger charge is 2.22. The Morgan fingerprint density at radius 1 is 1.28 bits per heavy atom. The van der Waals surface area contributed by atoms with Gasteiger partial charge in [0.1, 0.15) is 5.82 Å². The summed E-state index contributed by atoms with van der Waals surface area (Å²) >= 11 is 0. The maximum atomic E-state index is 12.5. The number of hydrogen-bond acceptors (Lipinski definition) is 4. The van der Waals surface area contributed by atoms with E-state index in [1.807, 2.05) is 25.3 Å². The van der Waals surface area contributed by atoms with Gasteiger partial charge in [0, 0.05) is 32.3 Å². The van der Waals surface area contributed by atoms with Crippen molar-refractivity contribution in [2.24, 2.45) is 7.05 Å². The van der Waals surface area contributed by atoms with Crippen molar-refractivity contribution in [3.05, 3.63) is 52.0 Å². The SMILES string of the molecule is Cc1ccn2nc(C(=O)NC3CCc4nn(C)c(=O)n4CC3)cc2c1. The van der Waals surface area contributed by atoms with E-state index in [1.54, 1.807) is 22.2 Å². The van der Waals surface area contributed by atoms with E-state index in [-0.39, 0.29) is 17.6 Å². The van der Waals surface area contributed by atoms with Crippen LogP contribution in [-0.4, -0.2) is 35.9 Å². The van der Waals surface area contributed by atoms with Gasteiger partial charge in [-0.05, 0) is 43.5 Å². The lowest BCUT2D eigenvalue weighted by molar-refractivity contribution is 0.0927. The van der Waals surface area contributed by atoms with E-state index < -0.39 is 0 Å². The monoisotopic (exact) mass is 340 g/mol. The number of aryl methyl sites for hydroxylation is 3. The zero-order valence-corrected chi connectivity index (χ0v) is 14.3. The first-order valence-corrected chi connectivity index (χ1v) is 8.41. The molecule has 1 N–H and O–H groups in total. The molecule has 130 valence electrons. The molecule has 0 fully saturated rings. The predicted molar refractivity (Wildman–Crippen MR) is 91.6 cm³/mol. The number of nitrogens with one attached hydrogen (secondary N) is 1. The minimum absolute atomic E-state index is 0.00505. The molecule has 0 aromatic carbocycles. The molecule has 4 heterocycles. The van der Waals surface area contributed by atoms with Crippen LogP contribution in [0.2, 0.25) is 0 Å². The summed E-state index contributed by atoms with van der Waals surface area (Å²) in [6.45, 7) is 2.57. The summed E-state index contributed by atoms with van der Waals surface area (Å²) in [5.74, 6) is 0.603. The van der Waals surface area contributed by atoms with Gasteiger partial charge in [0.15, 0.2) is 5.69 Å². The van der Waals surface area contributed by atoms with Crippen LogP contribution in [-0.2, 0) is 20.0 Å². The summed E-state index contributed by atoms with van der Waals surface area (Å²) in [7, 11) is 1.66. The normalized spacial score (nSPS) is 17.3. The van der Waals surface area contributed by atoms with Gasteiger partial charge in [0.25, 0.3) is 5.91 Å². The summed E-state index contributed by atoms with van der Waals surface area (Å²) < 4.78 is 4.76. The minimum Gasteiger partial charge on any atom is -0.348 e. The zero-order chi connectivity index (χ0) is 17.6. The van der Waals surface area contributed by atoms with Crippen molar-refractivity contribution in [3.8, 4) is 0 Å². The van der Waals surface area contributed by atoms with Crippen molar-refractivity contribution in [1.82, 2.24) is 29.3 Å². The molecule has 8 nitrogen and oxygen atoms in total. The number of nitrogens with zero attached hydrogens (tertiary/aromatic N) is 5. The fraction of sp³-hybridized carbons (Fsp3) is 0.412. The van der Waals surface area contributed by atoms with Crippen LogP contribution in [0.1, 0.15) is 34.7 Å². The lowest BCUT2D eigenvalue weighted by atomic mass is 10.1. The Morgan fingerprint density at radius 2 is 2.12 bits per heavy atom. The minimum atomic E-state index is -0.182. The largest absolute Gasteiger partial charge is 0.348 e. The third-order valence-electron chi connectivity index (χ3n) is 4.69. The Hall–Kier alpha value is -2.90. The van der Waals surface area contributed by atoms with Crippen molar-refractivity contribution in [1.29, 1.82) is 0 Å². The van der Waals surface area contributed by atoms with Crippen LogP contribution in [0.3, 0.4) is 0 Å². The number of fused-ring (bicyclic) bond motifs is 2. The topological polar surface area (TPSA) is 86.2 Å². The first kappa shape index (κ1) is 15.6. The molecule has 0 saturated heterocycles. The molecule has 0 bridgehead atoms. The molecule has 8 heteroatoms. The summed E-state index contributed by atoms with van der Waals surface area (Å²) in [6, 6.07) is 5.74. The highest BCUT2D eigenvalue weighted by atomic mass is 16.2. The summed E-state index contributed by atoms with van der Waals surface area (Å²) in [6.07, 6.45) is 3.98. The Kier molecular flexibility index (Phi) is 3.67. The maximum Gasteiger partial charge on any atom is 0.345 e. The number of hydrogen-bond donors (Lipinski definition) is 1. The van der Waals surface area contributed by atoms with E-state index >= 15 is 0 Å². The number of amides is 1. The average Bonchev–Trinajstić information content (AvgIpc) is 3.05. The number of carbonyl (C=O) groups excluding carboxylic acids is 1. The van der Waals surface area contributed by atoms with Gasteiger partial charge in [0.2, 0.25) is 0 Å². The van der Waals surface area contributed by atoms with E-state index in [1.165, 1.54) is 4.68 Å². The van der Waals surface area contributed by atoms with Crippen LogP contribution < -0.4 is 11.0 Å². The zero-order valence-electron chi connectivity index (χ0n) is 14.3. The molecule has 0 aliphatic carbocycles. The first-order valence-electron chi connectivity index (χ1n) is 8.41. The van der Waals surface area contributed by atoms with E-state index in [4.69, 9.17) is 0 Å². The van der Waals surface area contributed by atoms with Crippen LogP contribution in [0, 0.1) is 6.92 Å². The molecule has 1 aliphatic rings. The van der Waals surface area contributed by atoms with Gasteiger partial charge in [-0.2, -0.15) is 10.2 Å². The Labute approximate surface area is 144 Å². The summed E-state index contributed by atoms with van der Waals surface area (Å²) in [4.78, 5) is 24.5. The molecule has 4 rings (SSSR count). The molecular weight excluding hydrogens is 320 g/mol. The second-order valence-electron chi connectivity index (χ2n) is 6.57. The van der Waals surface area contributed by atoms with Crippen molar-refractivity contribution in [2.75, 3.05) is 0 Å². The van der Waals surface area contributed by atoms with Crippen molar-refractivity contribution >= 4 is 11.4 Å². The molecule has 1 unspecified atom stereocenters. The van der Waals surface area contributed by atoms with Gasteiger partial charge in [-0.3, -0.25) is 9.36 Å². The lowest BCUT2D eigenvalue weighted by Crippen LogP contribution is -2.36. The molecular formula is C17H20N6O2. The molecule has 1 aliphatic heterocycles. The fourth-order valence-electron chi connectivity index (χ4n) is 3.32. The molecule has 0 saturated carbocycles. The Balaban J connectivity index is 1.48.